The summed E-state index contributed by atoms with van der Waals surface area (Å²) in [6, 6.07) is 8.68. The summed E-state index contributed by atoms with van der Waals surface area (Å²) in [4.78, 5) is 15.0. The molecular formula is C13H11Cl2N3O. The Labute approximate surface area is 120 Å². The highest BCUT2D eigenvalue weighted by atomic mass is 35.5. The van der Waals surface area contributed by atoms with Crippen molar-refractivity contribution < 1.29 is 4.79 Å². The van der Waals surface area contributed by atoms with Crippen LogP contribution in [-0.4, -0.2) is 10.9 Å². The van der Waals surface area contributed by atoms with Gasteiger partial charge in [-0.15, -0.1) is 0 Å². The lowest BCUT2D eigenvalue weighted by atomic mass is 10.3. The van der Waals surface area contributed by atoms with Crippen molar-refractivity contribution in [3.05, 3.63) is 46.6 Å². The third-order valence-electron chi connectivity index (χ3n) is 2.28. The molecule has 0 saturated heterocycles. The molecule has 0 spiro atoms. The van der Waals surface area contributed by atoms with Gasteiger partial charge in [0.25, 0.3) is 0 Å². The summed E-state index contributed by atoms with van der Waals surface area (Å²) in [5.74, 6) is 0.342. The second kappa shape index (κ2) is 5.91. The normalized spacial score (nSPS) is 10.1. The van der Waals surface area contributed by atoms with Gasteiger partial charge >= 0.3 is 0 Å². The molecule has 0 aliphatic rings. The molecule has 0 bridgehead atoms. The Hall–Kier alpha value is -1.78. The van der Waals surface area contributed by atoms with E-state index in [-0.39, 0.29) is 5.91 Å². The lowest BCUT2D eigenvalue weighted by molar-refractivity contribution is -0.114. The van der Waals surface area contributed by atoms with Crippen molar-refractivity contribution in [3.8, 4) is 0 Å². The van der Waals surface area contributed by atoms with Gasteiger partial charge < -0.3 is 10.6 Å². The summed E-state index contributed by atoms with van der Waals surface area (Å²) in [5.41, 5.74) is 1.50. The number of nitrogens with one attached hydrogen (secondary N) is 2. The zero-order valence-electron chi connectivity index (χ0n) is 10.1. The van der Waals surface area contributed by atoms with E-state index in [1.807, 2.05) is 0 Å². The van der Waals surface area contributed by atoms with Crippen LogP contribution in [0.1, 0.15) is 6.92 Å². The number of nitrogens with zero attached hydrogens (tertiary/aromatic N) is 1. The van der Waals surface area contributed by atoms with Crippen LogP contribution in [0.3, 0.4) is 0 Å². The highest BCUT2D eigenvalue weighted by Crippen LogP contribution is 2.28. The number of anilines is 3. The molecule has 98 valence electrons. The SMILES string of the molecule is CC(=O)Nc1ccc(Nc2ccc(Cl)cc2Cl)cn1. The van der Waals surface area contributed by atoms with E-state index in [0.717, 1.165) is 11.4 Å². The first-order valence-electron chi connectivity index (χ1n) is 5.50. The predicted molar refractivity (Wildman–Crippen MR) is 78.3 cm³/mol. The number of amides is 1. The number of pyridine rings is 1. The number of rotatable bonds is 3. The van der Waals surface area contributed by atoms with Gasteiger partial charge in [0.05, 0.1) is 22.6 Å². The third kappa shape index (κ3) is 3.84. The molecule has 1 heterocycles. The molecule has 1 aromatic heterocycles. The number of benzene rings is 1. The van der Waals surface area contributed by atoms with Crippen LogP contribution in [0.4, 0.5) is 17.2 Å². The molecule has 0 unspecified atom stereocenters. The fraction of sp³-hybridized carbons (Fsp3) is 0.0769. The van der Waals surface area contributed by atoms with Gasteiger partial charge in [-0.05, 0) is 30.3 Å². The number of carbonyl (C=O) groups excluding carboxylic acids is 1. The van der Waals surface area contributed by atoms with E-state index in [0.29, 0.717) is 15.9 Å². The predicted octanol–water partition coefficient (Wildman–Crippen LogP) is 4.09. The monoisotopic (exact) mass is 295 g/mol. The standard InChI is InChI=1S/C13H11Cl2N3O/c1-8(19)17-13-5-3-10(7-16-13)18-12-4-2-9(14)6-11(12)15/h2-7,18H,1H3,(H,16,17,19). The zero-order valence-corrected chi connectivity index (χ0v) is 11.6. The molecule has 0 radical (unpaired) electrons. The van der Waals surface area contributed by atoms with Gasteiger partial charge in [-0.2, -0.15) is 0 Å². The van der Waals surface area contributed by atoms with Gasteiger partial charge in [0.1, 0.15) is 5.82 Å². The van der Waals surface area contributed by atoms with Crippen molar-refractivity contribution in [2.24, 2.45) is 0 Å². The molecule has 0 fully saturated rings. The van der Waals surface area contributed by atoms with Crippen LogP contribution < -0.4 is 10.6 Å². The average Bonchev–Trinajstić information content (AvgIpc) is 2.34. The van der Waals surface area contributed by atoms with Crippen LogP contribution in [0.5, 0.6) is 0 Å². The molecule has 1 aromatic carbocycles. The fourth-order valence-electron chi connectivity index (χ4n) is 1.47. The maximum atomic E-state index is 10.9. The van der Waals surface area contributed by atoms with E-state index in [1.165, 1.54) is 6.92 Å². The van der Waals surface area contributed by atoms with Crippen molar-refractivity contribution in [2.75, 3.05) is 10.6 Å². The van der Waals surface area contributed by atoms with E-state index >= 15 is 0 Å². The van der Waals surface area contributed by atoms with Crippen LogP contribution in [0, 0.1) is 0 Å². The molecule has 2 N–H and O–H groups in total. The number of aromatic nitrogens is 1. The van der Waals surface area contributed by atoms with Crippen molar-refractivity contribution in [1.82, 2.24) is 4.98 Å². The van der Waals surface area contributed by atoms with Gasteiger partial charge in [0.15, 0.2) is 0 Å². The lowest BCUT2D eigenvalue weighted by Crippen LogP contribution is -2.07. The number of hydrogen-bond donors (Lipinski definition) is 2. The molecule has 4 nitrogen and oxygen atoms in total. The minimum atomic E-state index is -0.158. The highest BCUT2D eigenvalue weighted by molar-refractivity contribution is 6.36. The molecule has 6 heteroatoms. The summed E-state index contributed by atoms with van der Waals surface area (Å²) >= 11 is 11.9. The van der Waals surface area contributed by atoms with Crippen LogP contribution in [0.2, 0.25) is 10.0 Å². The van der Waals surface area contributed by atoms with Gasteiger partial charge in [0, 0.05) is 11.9 Å². The topological polar surface area (TPSA) is 54.0 Å². The smallest absolute Gasteiger partial charge is 0.222 e. The van der Waals surface area contributed by atoms with Crippen LogP contribution in [-0.2, 0) is 4.79 Å². The van der Waals surface area contributed by atoms with Crippen LogP contribution in [0.25, 0.3) is 0 Å². The first-order valence-corrected chi connectivity index (χ1v) is 6.26. The number of carbonyl (C=O) groups is 1. The second-order valence-electron chi connectivity index (χ2n) is 3.86. The Morgan fingerprint density at radius 3 is 2.58 bits per heavy atom. The summed E-state index contributed by atoms with van der Waals surface area (Å²) in [6.07, 6.45) is 1.61. The summed E-state index contributed by atoms with van der Waals surface area (Å²) in [7, 11) is 0. The van der Waals surface area contributed by atoms with Crippen molar-refractivity contribution in [1.29, 1.82) is 0 Å². The summed E-state index contributed by atoms with van der Waals surface area (Å²) in [5, 5.41) is 6.81. The highest BCUT2D eigenvalue weighted by Gasteiger charge is 2.02. The largest absolute Gasteiger partial charge is 0.353 e. The van der Waals surface area contributed by atoms with E-state index in [1.54, 1.807) is 36.5 Å². The lowest BCUT2D eigenvalue weighted by Gasteiger charge is -2.09. The molecule has 0 aliphatic heterocycles. The van der Waals surface area contributed by atoms with E-state index in [9.17, 15) is 4.79 Å². The summed E-state index contributed by atoms with van der Waals surface area (Å²) < 4.78 is 0. The van der Waals surface area contributed by atoms with Crippen LogP contribution >= 0.6 is 23.2 Å². The first kappa shape index (κ1) is 13.6. The van der Waals surface area contributed by atoms with Crippen molar-refractivity contribution in [2.45, 2.75) is 6.92 Å². The molecule has 2 rings (SSSR count). The van der Waals surface area contributed by atoms with Gasteiger partial charge in [-0.3, -0.25) is 4.79 Å². The zero-order chi connectivity index (χ0) is 13.8. The van der Waals surface area contributed by atoms with Gasteiger partial charge in [-0.1, -0.05) is 23.2 Å². The quantitative estimate of drug-likeness (QED) is 0.897. The number of halogens is 2. The van der Waals surface area contributed by atoms with E-state index in [4.69, 9.17) is 23.2 Å². The molecule has 0 saturated carbocycles. The fourth-order valence-corrected chi connectivity index (χ4v) is 1.92. The Morgan fingerprint density at radius 1 is 1.21 bits per heavy atom. The maximum absolute atomic E-state index is 10.9. The molecule has 19 heavy (non-hydrogen) atoms. The van der Waals surface area contributed by atoms with Crippen molar-refractivity contribution in [3.63, 3.8) is 0 Å². The second-order valence-corrected chi connectivity index (χ2v) is 4.71. The van der Waals surface area contributed by atoms with E-state index in [2.05, 4.69) is 15.6 Å². The molecule has 0 aliphatic carbocycles. The maximum Gasteiger partial charge on any atom is 0.222 e. The first-order chi connectivity index (χ1) is 9.04. The molecule has 2 aromatic rings. The molecule has 0 atom stereocenters. The third-order valence-corrected chi connectivity index (χ3v) is 2.83. The average molecular weight is 296 g/mol. The Balaban J connectivity index is 2.13. The summed E-state index contributed by atoms with van der Waals surface area (Å²) in [6.45, 7) is 1.43. The molecular weight excluding hydrogens is 285 g/mol. The van der Waals surface area contributed by atoms with Crippen LogP contribution in [0.15, 0.2) is 36.5 Å². The van der Waals surface area contributed by atoms with Crippen molar-refractivity contribution >= 4 is 46.3 Å². The Kier molecular flexibility index (Phi) is 4.24. The Morgan fingerprint density at radius 2 is 2.00 bits per heavy atom. The minimum Gasteiger partial charge on any atom is -0.353 e. The van der Waals surface area contributed by atoms with Gasteiger partial charge in [0.2, 0.25) is 5.91 Å². The van der Waals surface area contributed by atoms with Gasteiger partial charge in [-0.25, -0.2) is 4.98 Å². The minimum absolute atomic E-state index is 0.158. The Bertz CT molecular complexity index is 599. The molecule has 1 amide bonds. The van der Waals surface area contributed by atoms with E-state index < -0.39 is 0 Å². The number of hydrogen-bond acceptors (Lipinski definition) is 3.